The molecule has 0 aliphatic heterocycles. The van der Waals surface area contributed by atoms with Crippen molar-refractivity contribution in [3.05, 3.63) is 34.9 Å². The summed E-state index contributed by atoms with van der Waals surface area (Å²) in [5.41, 5.74) is 4.65. The van der Waals surface area contributed by atoms with Crippen molar-refractivity contribution < 1.29 is 13.3 Å². The molecule has 0 amide bonds. The van der Waals surface area contributed by atoms with Crippen LogP contribution in [0.3, 0.4) is 0 Å². The normalized spacial score (nSPS) is 12.5. The lowest BCUT2D eigenvalue weighted by Crippen LogP contribution is -2.21. The second kappa shape index (κ2) is 7.61. The summed E-state index contributed by atoms with van der Waals surface area (Å²) < 4.78 is 14.1. The van der Waals surface area contributed by atoms with Crippen molar-refractivity contribution in [2.24, 2.45) is 0 Å². The molecule has 0 saturated heterocycles. The molecular weight excluding hydrogens is 232 g/mol. The maximum atomic E-state index is 4.71. The van der Waals surface area contributed by atoms with Crippen molar-refractivity contribution in [3.8, 4) is 0 Å². The molecule has 0 heterocycles. The molecule has 95 valence electrons. The van der Waals surface area contributed by atoms with Gasteiger partial charge in [-0.15, -0.1) is 0 Å². The summed E-state index contributed by atoms with van der Waals surface area (Å²) in [6.07, 6.45) is 3.75. The molecule has 2 bridgehead atoms. The van der Waals surface area contributed by atoms with Crippen LogP contribution in [0.1, 0.15) is 23.6 Å². The number of hydrogen-bond donors (Lipinski definition) is 0. The number of rotatable bonds is 4. The molecule has 0 atom stereocenters. The fourth-order valence-corrected chi connectivity index (χ4v) is 2.44. The van der Waals surface area contributed by atoms with Gasteiger partial charge in [-0.05, 0) is 36.0 Å². The molecule has 4 heteroatoms. The van der Waals surface area contributed by atoms with Crippen LogP contribution in [-0.4, -0.2) is 30.9 Å². The Morgan fingerprint density at radius 3 is 2.18 bits per heavy atom. The summed E-state index contributed by atoms with van der Waals surface area (Å²) in [4.78, 5) is 0. The van der Waals surface area contributed by atoms with Crippen LogP contribution < -0.4 is 0 Å². The zero-order chi connectivity index (χ0) is 12.7. The summed E-state index contributed by atoms with van der Waals surface area (Å²) in [7, 11) is 3.31. The number of fused-ring (bicyclic) bond motifs is 2. The fourth-order valence-electron chi connectivity index (χ4n) is 1.94. The number of aryl methyl sites for hydroxylation is 3. The summed E-state index contributed by atoms with van der Waals surface area (Å²) in [5.74, 6) is 0. The van der Waals surface area contributed by atoms with Crippen LogP contribution in [0, 0.1) is 0 Å². The van der Waals surface area contributed by atoms with Gasteiger partial charge in [0.1, 0.15) is 0 Å². The molecule has 0 N–H and O–H groups in total. The Morgan fingerprint density at radius 1 is 1.06 bits per heavy atom. The second-order valence-electron chi connectivity index (χ2n) is 3.82. The Bertz CT molecular complexity index is 332. The highest BCUT2D eigenvalue weighted by atomic mass is 28.3. The first-order valence-electron chi connectivity index (χ1n) is 5.84. The van der Waals surface area contributed by atoms with Gasteiger partial charge in [0.05, 0.1) is 0 Å². The molecule has 1 radical (unpaired) electrons. The zero-order valence-corrected chi connectivity index (χ0v) is 12.1. The van der Waals surface area contributed by atoms with E-state index >= 15 is 0 Å². The first-order chi connectivity index (χ1) is 8.24. The third-order valence-electron chi connectivity index (χ3n) is 2.83. The average Bonchev–Trinajstić information content (AvgIpc) is 2.75. The molecule has 1 aromatic carbocycles. The Kier molecular flexibility index (Phi) is 6.43. The first kappa shape index (κ1) is 14.4. The third kappa shape index (κ3) is 4.24. The van der Waals surface area contributed by atoms with E-state index in [2.05, 4.69) is 25.1 Å². The van der Waals surface area contributed by atoms with Gasteiger partial charge in [-0.3, -0.25) is 0 Å². The maximum Gasteiger partial charge on any atom is 0.576 e. The van der Waals surface area contributed by atoms with E-state index in [4.69, 9.17) is 13.3 Å². The van der Waals surface area contributed by atoms with Crippen molar-refractivity contribution in [2.75, 3.05) is 21.3 Å². The lowest BCUT2D eigenvalue weighted by molar-refractivity contribution is 0.163. The Morgan fingerprint density at radius 2 is 1.71 bits per heavy atom. The summed E-state index contributed by atoms with van der Waals surface area (Å²) in [5, 5.41) is 0. The maximum absolute atomic E-state index is 4.71. The first-order valence-corrected chi connectivity index (χ1v) is 7.07. The smallest absolute Gasteiger partial charge is 0.375 e. The minimum absolute atomic E-state index is 1.19. The fraction of sp³-hybridized carbons (Fsp3) is 0.538. The predicted molar refractivity (Wildman–Crippen MR) is 70.0 cm³/mol. The van der Waals surface area contributed by atoms with Crippen LogP contribution in [0.25, 0.3) is 0 Å². The molecular formula is C13H21O3Si. The van der Waals surface area contributed by atoms with E-state index in [9.17, 15) is 0 Å². The Balaban J connectivity index is 0.000000185. The van der Waals surface area contributed by atoms with Gasteiger partial charge < -0.3 is 13.3 Å². The molecule has 3 nitrogen and oxygen atoms in total. The zero-order valence-electron chi connectivity index (χ0n) is 11.1. The van der Waals surface area contributed by atoms with Gasteiger partial charge in [0.2, 0.25) is 0 Å². The summed E-state index contributed by atoms with van der Waals surface area (Å²) in [6, 6.07) is 6.88. The van der Waals surface area contributed by atoms with E-state index in [1.54, 1.807) is 32.5 Å². The Labute approximate surface area is 106 Å². The van der Waals surface area contributed by atoms with Crippen LogP contribution >= 0.6 is 0 Å². The molecule has 1 aromatic rings. The van der Waals surface area contributed by atoms with Crippen molar-refractivity contribution >= 4 is 9.53 Å². The van der Waals surface area contributed by atoms with Gasteiger partial charge in [0.25, 0.3) is 0 Å². The highest BCUT2D eigenvalue weighted by molar-refractivity contribution is 6.36. The molecule has 0 fully saturated rings. The van der Waals surface area contributed by atoms with Gasteiger partial charge in [0, 0.05) is 21.3 Å². The summed E-state index contributed by atoms with van der Waals surface area (Å²) in [6.45, 7) is 2.23. The standard InChI is InChI=1S/C10H12.C3H9O3Si/c1-2-9-5-3-8-4-6-10(9)7-8;1-4-7(5-2)6-3/h3,5,7H,2,4,6H2,1H3;1-3H3. The minimum Gasteiger partial charge on any atom is -0.375 e. The molecule has 0 saturated carbocycles. The number of benzene rings is 1. The van der Waals surface area contributed by atoms with Crippen LogP contribution in [-0.2, 0) is 32.5 Å². The Hall–Kier alpha value is -0.683. The van der Waals surface area contributed by atoms with E-state index in [0.717, 1.165) is 0 Å². The third-order valence-corrected chi connectivity index (χ3v) is 3.83. The van der Waals surface area contributed by atoms with Crippen LogP contribution in [0.4, 0.5) is 0 Å². The quantitative estimate of drug-likeness (QED) is 0.770. The molecule has 0 aromatic heterocycles. The van der Waals surface area contributed by atoms with Crippen molar-refractivity contribution in [1.82, 2.24) is 0 Å². The lowest BCUT2D eigenvalue weighted by atomic mass is 10.1. The molecule has 0 unspecified atom stereocenters. The van der Waals surface area contributed by atoms with Gasteiger partial charge >= 0.3 is 9.53 Å². The minimum atomic E-state index is -1.36. The van der Waals surface area contributed by atoms with Crippen molar-refractivity contribution in [2.45, 2.75) is 26.2 Å². The predicted octanol–water partition coefficient (Wildman–Crippen LogP) is 2.26. The average molecular weight is 253 g/mol. The lowest BCUT2D eigenvalue weighted by Gasteiger charge is -2.02. The van der Waals surface area contributed by atoms with E-state index in [1.807, 2.05) is 0 Å². The molecule has 17 heavy (non-hydrogen) atoms. The number of hydrogen-bond acceptors (Lipinski definition) is 3. The van der Waals surface area contributed by atoms with E-state index in [-0.39, 0.29) is 0 Å². The van der Waals surface area contributed by atoms with Crippen LogP contribution in [0.5, 0.6) is 0 Å². The van der Waals surface area contributed by atoms with Crippen molar-refractivity contribution in [1.29, 1.82) is 0 Å². The molecule has 1 aliphatic rings. The van der Waals surface area contributed by atoms with Gasteiger partial charge in [-0.1, -0.05) is 25.1 Å². The molecule has 2 rings (SSSR count). The van der Waals surface area contributed by atoms with Crippen molar-refractivity contribution in [3.63, 3.8) is 0 Å². The topological polar surface area (TPSA) is 27.7 Å². The monoisotopic (exact) mass is 253 g/mol. The van der Waals surface area contributed by atoms with E-state index in [0.29, 0.717) is 0 Å². The van der Waals surface area contributed by atoms with Gasteiger partial charge in [0.15, 0.2) is 0 Å². The van der Waals surface area contributed by atoms with Crippen LogP contribution in [0.15, 0.2) is 18.2 Å². The van der Waals surface area contributed by atoms with E-state index in [1.165, 1.54) is 24.8 Å². The van der Waals surface area contributed by atoms with Gasteiger partial charge in [-0.25, -0.2) is 0 Å². The van der Waals surface area contributed by atoms with Gasteiger partial charge in [-0.2, -0.15) is 0 Å². The largest absolute Gasteiger partial charge is 0.576 e. The summed E-state index contributed by atoms with van der Waals surface area (Å²) >= 11 is 0. The SMILES string of the molecule is CCc1ccc2cc1CC2.CO[Si](OC)OC. The molecule has 1 aliphatic carbocycles. The highest BCUT2D eigenvalue weighted by Crippen LogP contribution is 2.21. The van der Waals surface area contributed by atoms with Crippen LogP contribution in [0.2, 0.25) is 0 Å². The highest BCUT2D eigenvalue weighted by Gasteiger charge is 2.10. The molecule has 0 spiro atoms. The van der Waals surface area contributed by atoms with E-state index < -0.39 is 9.53 Å². The second-order valence-corrected chi connectivity index (χ2v) is 5.54.